The molecule has 66 valence electrons. The summed E-state index contributed by atoms with van der Waals surface area (Å²) in [6.45, 7) is 3.54. The van der Waals surface area contributed by atoms with Crippen LogP contribution in [-0.2, 0) is 4.79 Å². The number of aliphatic hydroxyl groups excluding tert-OH is 1. The summed E-state index contributed by atoms with van der Waals surface area (Å²) in [5, 5.41) is 11.2. The Morgan fingerprint density at radius 3 is 2.55 bits per heavy atom. The summed E-state index contributed by atoms with van der Waals surface area (Å²) in [6.07, 6.45) is 0.568. The van der Waals surface area contributed by atoms with Gasteiger partial charge in [0.05, 0.1) is 6.04 Å². The van der Waals surface area contributed by atoms with Crippen LogP contribution < -0.4 is 11.1 Å². The highest BCUT2D eigenvalue weighted by Crippen LogP contribution is 1.88. The molecule has 2 atom stereocenters. The first kappa shape index (κ1) is 10.4. The molecule has 4 heteroatoms. The smallest absolute Gasteiger partial charge is 0.236 e. The van der Waals surface area contributed by atoms with E-state index in [-0.39, 0.29) is 18.6 Å². The van der Waals surface area contributed by atoms with E-state index >= 15 is 0 Å². The van der Waals surface area contributed by atoms with E-state index < -0.39 is 6.04 Å². The van der Waals surface area contributed by atoms with Crippen LogP contribution in [-0.4, -0.2) is 29.7 Å². The number of hydrogen-bond donors (Lipinski definition) is 3. The Bertz CT molecular complexity index is 126. The molecule has 0 radical (unpaired) electrons. The van der Waals surface area contributed by atoms with Crippen LogP contribution in [0, 0.1) is 0 Å². The highest BCUT2D eigenvalue weighted by Gasteiger charge is 2.09. The molecule has 0 aromatic carbocycles. The number of nitrogens with two attached hydrogens (primary N) is 1. The van der Waals surface area contributed by atoms with Gasteiger partial charge < -0.3 is 16.2 Å². The van der Waals surface area contributed by atoms with Gasteiger partial charge in [-0.1, -0.05) is 0 Å². The first-order valence-corrected chi connectivity index (χ1v) is 3.74. The summed E-state index contributed by atoms with van der Waals surface area (Å²) in [5.41, 5.74) is 5.31. The van der Waals surface area contributed by atoms with Gasteiger partial charge in [-0.15, -0.1) is 0 Å². The van der Waals surface area contributed by atoms with Crippen molar-refractivity contribution in [2.24, 2.45) is 5.73 Å². The van der Waals surface area contributed by atoms with Crippen molar-refractivity contribution >= 4 is 5.91 Å². The first-order valence-electron chi connectivity index (χ1n) is 3.74. The summed E-state index contributed by atoms with van der Waals surface area (Å²) < 4.78 is 0. The Morgan fingerprint density at radius 1 is 1.64 bits per heavy atom. The van der Waals surface area contributed by atoms with Crippen molar-refractivity contribution in [3.63, 3.8) is 0 Å². The van der Waals surface area contributed by atoms with Gasteiger partial charge in [0.2, 0.25) is 5.91 Å². The largest absolute Gasteiger partial charge is 0.396 e. The van der Waals surface area contributed by atoms with Crippen LogP contribution in [0.25, 0.3) is 0 Å². The maximum Gasteiger partial charge on any atom is 0.236 e. The van der Waals surface area contributed by atoms with Crippen LogP contribution in [0.4, 0.5) is 0 Å². The molecule has 0 bridgehead atoms. The molecule has 0 spiro atoms. The maximum atomic E-state index is 10.9. The zero-order valence-corrected chi connectivity index (χ0v) is 7.00. The van der Waals surface area contributed by atoms with Crippen LogP contribution in [0.1, 0.15) is 20.3 Å². The molecule has 0 saturated heterocycles. The third-order valence-electron chi connectivity index (χ3n) is 1.36. The summed E-state index contributed by atoms with van der Waals surface area (Å²) >= 11 is 0. The van der Waals surface area contributed by atoms with Crippen molar-refractivity contribution in [1.82, 2.24) is 5.32 Å². The molecule has 0 aromatic rings. The molecule has 11 heavy (non-hydrogen) atoms. The highest BCUT2D eigenvalue weighted by atomic mass is 16.3. The van der Waals surface area contributed by atoms with E-state index in [0.717, 1.165) is 0 Å². The number of aliphatic hydroxyl groups is 1. The molecule has 0 aliphatic heterocycles. The lowest BCUT2D eigenvalue weighted by Crippen LogP contribution is -2.42. The summed E-state index contributed by atoms with van der Waals surface area (Å²) in [5.74, 6) is -0.175. The molecule has 4 nitrogen and oxygen atoms in total. The van der Waals surface area contributed by atoms with Crippen LogP contribution in [0.3, 0.4) is 0 Å². The summed E-state index contributed by atoms with van der Waals surface area (Å²) in [7, 11) is 0. The average Bonchev–Trinajstić information content (AvgIpc) is 1.87. The first-order chi connectivity index (χ1) is 5.07. The zero-order valence-electron chi connectivity index (χ0n) is 7.00. The van der Waals surface area contributed by atoms with E-state index in [2.05, 4.69) is 5.32 Å². The van der Waals surface area contributed by atoms with Crippen molar-refractivity contribution in [2.45, 2.75) is 32.4 Å². The van der Waals surface area contributed by atoms with E-state index in [0.29, 0.717) is 6.42 Å². The molecule has 1 unspecified atom stereocenters. The number of hydrogen-bond acceptors (Lipinski definition) is 3. The fraction of sp³-hybridized carbons (Fsp3) is 0.857. The molecular formula is C7H16N2O2. The van der Waals surface area contributed by atoms with E-state index in [1.807, 2.05) is 6.92 Å². The quantitative estimate of drug-likeness (QED) is 0.505. The minimum Gasteiger partial charge on any atom is -0.396 e. The predicted molar refractivity (Wildman–Crippen MR) is 43.0 cm³/mol. The van der Waals surface area contributed by atoms with Gasteiger partial charge in [-0.25, -0.2) is 0 Å². The third kappa shape index (κ3) is 4.75. The third-order valence-corrected chi connectivity index (χ3v) is 1.36. The van der Waals surface area contributed by atoms with Gasteiger partial charge in [0.25, 0.3) is 0 Å². The van der Waals surface area contributed by atoms with Gasteiger partial charge in [0.15, 0.2) is 0 Å². The lowest BCUT2D eigenvalue weighted by atomic mass is 10.2. The zero-order chi connectivity index (χ0) is 8.85. The van der Waals surface area contributed by atoms with Crippen molar-refractivity contribution in [1.29, 1.82) is 0 Å². The fourth-order valence-corrected chi connectivity index (χ4v) is 0.640. The fourth-order valence-electron chi connectivity index (χ4n) is 0.640. The Labute approximate surface area is 66.8 Å². The normalized spacial score (nSPS) is 15.6. The van der Waals surface area contributed by atoms with Crippen LogP contribution in [0.5, 0.6) is 0 Å². The molecule has 0 aliphatic carbocycles. The Balaban J connectivity index is 3.57. The number of carbonyl (C=O) groups excluding carboxylic acids is 1. The average molecular weight is 160 g/mol. The van der Waals surface area contributed by atoms with Crippen molar-refractivity contribution < 1.29 is 9.90 Å². The van der Waals surface area contributed by atoms with Gasteiger partial charge in [-0.2, -0.15) is 0 Å². The van der Waals surface area contributed by atoms with E-state index in [1.54, 1.807) is 6.92 Å². The topological polar surface area (TPSA) is 75.4 Å². The highest BCUT2D eigenvalue weighted by molar-refractivity contribution is 5.81. The summed E-state index contributed by atoms with van der Waals surface area (Å²) in [6, 6.07) is -0.477. The number of amides is 1. The predicted octanol–water partition coefficient (Wildman–Crippen LogP) is -0.779. The van der Waals surface area contributed by atoms with E-state index in [1.165, 1.54) is 0 Å². The van der Waals surface area contributed by atoms with Gasteiger partial charge in [-0.3, -0.25) is 4.79 Å². The molecule has 0 aromatic heterocycles. The molecule has 0 saturated carbocycles. The number of nitrogens with one attached hydrogen (secondary N) is 1. The van der Waals surface area contributed by atoms with Gasteiger partial charge in [-0.05, 0) is 20.3 Å². The molecule has 0 rings (SSSR count). The van der Waals surface area contributed by atoms with Crippen molar-refractivity contribution in [3.05, 3.63) is 0 Å². The second kappa shape index (κ2) is 5.09. The molecular weight excluding hydrogens is 144 g/mol. The van der Waals surface area contributed by atoms with Gasteiger partial charge in [0, 0.05) is 12.6 Å². The van der Waals surface area contributed by atoms with Crippen LogP contribution in [0.2, 0.25) is 0 Å². The molecule has 0 aliphatic rings. The Hall–Kier alpha value is -0.610. The Morgan fingerprint density at radius 2 is 2.18 bits per heavy atom. The van der Waals surface area contributed by atoms with Crippen LogP contribution >= 0.6 is 0 Å². The second-order valence-corrected chi connectivity index (χ2v) is 2.71. The van der Waals surface area contributed by atoms with Gasteiger partial charge in [0.1, 0.15) is 0 Å². The molecule has 0 heterocycles. The van der Waals surface area contributed by atoms with E-state index in [9.17, 15) is 4.79 Å². The minimum absolute atomic E-state index is 0.00139. The van der Waals surface area contributed by atoms with Crippen molar-refractivity contribution in [2.75, 3.05) is 6.61 Å². The molecule has 1 amide bonds. The number of carbonyl (C=O) groups is 1. The van der Waals surface area contributed by atoms with Gasteiger partial charge >= 0.3 is 0 Å². The standard InChI is InChI=1S/C7H16N2O2/c1-5(3-4-10)9-7(11)6(2)8/h5-6,10H,3-4,8H2,1-2H3,(H,9,11)/t5-,6?/m0/s1. The number of rotatable bonds is 4. The summed E-state index contributed by atoms with van der Waals surface area (Å²) in [4.78, 5) is 10.9. The lowest BCUT2D eigenvalue weighted by molar-refractivity contribution is -0.122. The van der Waals surface area contributed by atoms with Crippen molar-refractivity contribution in [3.8, 4) is 0 Å². The Kier molecular flexibility index (Phi) is 4.81. The maximum absolute atomic E-state index is 10.9. The second-order valence-electron chi connectivity index (χ2n) is 2.71. The lowest BCUT2D eigenvalue weighted by Gasteiger charge is -2.13. The SMILES string of the molecule is CC(N)C(=O)N[C@@H](C)CCO. The molecule has 4 N–H and O–H groups in total. The van der Waals surface area contributed by atoms with E-state index in [4.69, 9.17) is 10.8 Å². The monoisotopic (exact) mass is 160 g/mol. The molecule has 0 fully saturated rings. The minimum atomic E-state index is -0.476. The van der Waals surface area contributed by atoms with Crippen LogP contribution in [0.15, 0.2) is 0 Å².